The standard InChI is InChI=1S/C9H22N2S2/c1-3-11(4-6-12)5-7-13-8-9(2)10/h9,12H,3-8,10H2,1-2H3. The molecular weight excluding hydrogens is 200 g/mol. The largest absolute Gasteiger partial charge is 0.327 e. The van der Waals surface area contributed by atoms with Crippen molar-refractivity contribution >= 4 is 24.4 Å². The Kier molecular flexibility index (Phi) is 9.62. The third-order valence-corrected chi connectivity index (χ3v) is 3.23. The average molecular weight is 222 g/mol. The Morgan fingerprint density at radius 3 is 2.62 bits per heavy atom. The van der Waals surface area contributed by atoms with Gasteiger partial charge in [-0.1, -0.05) is 6.92 Å². The minimum atomic E-state index is 0.324. The molecule has 0 aliphatic rings. The maximum atomic E-state index is 5.65. The summed E-state index contributed by atoms with van der Waals surface area (Å²) in [5.74, 6) is 3.20. The summed E-state index contributed by atoms with van der Waals surface area (Å²) in [5, 5.41) is 0. The summed E-state index contributed by atoms with van der Waals surface area (Å²) in [6.45, 7) is 7.63. The molecule has 0 amide bonds. The summed E-state index contributed by atoms with van der Waals surface area (Å²) in [5.41, 5.74) is 5.65. The number of thioether (sulfide) groups is 1. The van der Waals surface area contributed by atoms with E-state index in [0.717, 1.165) is 31.1 Å². The van der Waals surface area contributed by atoms with Gasteiger partial charge in [-0.05, 0) is 13.5 Å². The van der Waals surface area contributed by atoms with Crippen LogP contribution in [0.1, 0.15) is 13.8 Å². The van der Waals surface area contributed by atoms with Crippen LogP contribution in [0.2, 0.25) is 0 Å². The number of nitrogens with two attached hydrogens (primary N) is 1. The van der Waals surface area contributed by atoms with E-state index in [2.05, 4.69) is 31.4 Å². The lowest BCUT2D eigenvalue weighted by molar-refractivity contribution is 0.327. The van der Waals surface area contributed by atoms with Gasteiger partial charge in [-0.2, -0.15) is 24.4 Å². The minimum Gasteiger partial charge on any atom is -0.327 e. The molecule has 0 aromatic carbocycles. The molecule has 0 rings (SSSR count). The van der Waals surface area contributed by atoms with Crippen LogP contribution in [0, 0.1) is 0 Å². The predicted molar refractivity (Wildman–Crippen MR) is 66.9 cm³/mol. The first kappa shape index (κ1) is 13.6. The number of rotatable bonds is 8. The molecule has 1 atom stereocenters. The van der Waals surface area contributed by atoms with Gasteiger partial charge in [-0.3, -0.25) is 0 Å². The molecule has 0 aromatic heterocycles. The van der Waals surface area contributed by atoms with E-state index >= 15 is 0 Å². The summed E-state index contributed by atoms with van der Waals surface area (Å²) in [7, 11) is 0. The third-order valence-electron chi connectivity index (χ3n) is 1.80. The molecule has 2 N–H and O–H groups in total. The van der Waals surface area contributed by atoms with Crippen molar-refractivity contribution in [1.29, 1.82) is 0 Å². The van der Waals surface area contributed by atoms with E-state index in [1.165, 1.54) is 5.75 Å². The Morgan fingerprint density at radius 2 is 2.15 bits per heavy atom. The van der Waals surface area contributed by atoms with Gasteiger partial charge in [0.15, 0.2) is 0 Å². The molecule has 0 saturated heterocycles. The quantitative estimate of drug-likeness (QED) is 0.479. The molecule has 0 saturated carbocycles. The van der Waals surface area contributed by atoms with Gasteiger partial charge in [0.2, 0.25) is 0 Å². The summed E-state index contributed by atoms with van der Waals surface area (Å²) < 4.78 is 0. The van der Waals surface area contributed by atoms with E-state index < -0.39 is 0 Å². The van der Waals surface area contributed by atoms with Crippen molar-refractivity contribution in [3.63, 3.8) is 0 Å². The van der Waals surface area contributed by atoms with E-state index in [4.69, 9.17) is 5.73 Å². The minimum absolute atomic E-state index is 0.324. The van der Waals surface area contributed by atoms with Crippen molar-refractivity contribution in [3.8, 4) is 0 Å². The number of hydrogen-bond donors (Lipinski definition) is 2. The molecular formula is C9H22N2S2. The van der Waals surface area contributed by atoms with Gasteiger partial charge in [-0.15, -0.1) is 0 Å². The highest BCUT2D eigenvalue weighted by Crippen LogP contribution is 2.02. The molecule has 4 heteroatoms. The van der Waals surface area contributed by atoms with Gasteiger partial charge in [0.05, 0.1) is 0 Å². The highest BCUT2D eigenvalue weighted by Gasteiger charge is 2.00. The molecule has 0 spiro atoms. The molecule has 80 valence electrons. The monoisotopic (exact) mass is 222 g/mol. The molecule has 0 aliphatic heterocycles. The third kappa shape index (κ3) is 8.94. The molecule has 13 heavy (non-hydrogen) atoms. The maximum Gasteiger partial charge on any atom is 0.0101 e. The van der Waals surface area contributed by atoms with Crippen LogP contribution in [-0.4, -0.2) is 47.8 Å². The molecule has 1 unspecified atom stereocenters. The van der Waals surface area contributed by atoms with Gasteiger partial charge in [-0.25, -0.2) is 0 Å². The zero-order valence-electron chi connectivity index (χ0n) is 8.70. The van der Waals surface area contributed by atoms with Crippen molar-refractivity contribution in [2.75, 3.05) is 36.9 Å². The fourth-order valence-corrected chi connectivity index (χ4v) is 2.24. The predicted octanol–water partition coefficient (Wildman–Crippen LogP) is 1.32. The van der Waals surface area contributed by atoms with Crippen molar-refractivity contribution in [2.24, 2.45) is 5.73 Å². The zero-order valence-corrected chi connectivity index (χ0v) is 10.4. The van der Waals surface area contributed by atoms with E-state index in [0.29, 0.717) is 6.04 Å². The molecule has 0 aromatic rings. The Labute approximate surface area is 92.0 Å². The van der Waals surface area contributed by atoms with Gasteiger partial charge < -0.3 is 10.6 Å². The molecule has 0 heterocycles. The van der Waals surface area contributed by atoms with Gasteiger partial charge >= 0.3 is 0 Å². The molecule has 0 radical (unpaired) electrons. The van der Waals surface area contributed by atoms with Crippen molar-refractivity contribution in [2.45, 2.75) is 19.9 Å². The van der Waals surface area contributed by atoms with Crippen LogP contribution < -0.4 is 5.73 Å². The lowest BCUT2D eigenvalue weighted by Gasteiger charge is -2.18. The van der Waals surface area contributed by atoms with Crippen LogP contribution in [-0.2, 0) is 0 Å². The van der Waals surface area contributed by atoms with Gasteiger partial charge in [0.25, 0.3) is 0 Å². The highest BCUT2D eigenvalue weighted by molar-refractivity contribution is 7.99. The molecule has 0 aliphatic carbocycles. The summed E-state index contributed by atoms with van der Waals surface area (Å²) in [6, 6.07) is 0.324. The van der Waals surface area contributed by atoms with E-state index in [-0.39, 0.29) is 0 Å². The lowest BCUT2D eigenvalue weighted by atomic mass is 10.4. The normalized spacial score (nSPS) is 13.6. The molecule has 0 bridgehead atoms. The van der Waals surface area contributed by atoms with Crippen LogP contribution in [0.25, 0.3) is 0 Å². The second-order valence-corrected chi connectivity index (χ2v) is 4.81. The first-order valence-electron chi connectivity index (χ1n) is 4.87. The lowest BCUT2D eigenvalue weighted by Crippen LogP contribution is -2.28. The fourth-order valence-electron chi connectivity index (χ4n) is 1.03. The first-order valence-corrected chi connectivity index (χ1v) is 6.66. The van der Waals surface area contributed by atoms with Crippen LogP contribution in [0.3, 0.4) is 0 Å². The molecule has 2 nitrogen and oxygen atoms in total. The number of nitrogens with zero attached hydrogens (tertiary/aromatic N) is 1. The van der Waals surface area contributed by atoms with Crippen LogP contribution in [0.5, 0.6) is 0 Å². The van der Waals surface area contributed by atoms with E-state index in [1.54, 1.807) is 0 Å². The van der Waals surface area contributed by atoms with Crippen molar-refractivity contribution < 1.29 is 0 Å². The maximum absolute atomic E-state index is 5.65. The molecule has 0 fully saturated rings. The summed E-state index contributed by atoms with van der Waals surface area (Å²) in [6.07, 6.45) is 0. The topological polar surface area (TPSA) is 29.3 Å². The smallest absolute Gasteiger partial charge is 0.0101 e. The highest BCUT2D eigenvalue weighted by atomic mass is 32.2. The number of thiol groups is 1. The number of hydrogen-bond acceptors (Lipinski definition) is 4. The van der Waals surface area contributed by atoms with E-state index in [9.17, 15) is 0 Å². The van der Waals surface area contributed by atoms with Crippen LogP contribution in [0.15, 0.2) is 0 Å². The van der Waals surface area contributed by atoms with Gasteiger partial charge in [0.1, 0.15) is 0 Å². The van der Waals surface area contributed by atoms with Crippen LogP contribution in [0.4, 0.5) is 0 Å². The zero-order chi connectivity index (χ0) is 10.1. The van der Waals surface area contributed by atoms with E-state index in [1.807, 2.05) is 11.8 Å². The Bertz CT molecular complexity index is 110. The Hall–Kier alpha value is 0.620. The fraction of sp³-hybridized carbons (Fsp3) is 1.00. The Balaban J connectivity index is 3.27. The second kappa shape index (κ2) is 9.19. The SMILES string of the molecule is CCN(CCS)CCSCC(C)N. The Morgan fingerprint density at radius 1 is 1.46 bits per heavy atom. The van der Waals surface area contributed by atoms with Gasteiger partial charge in [0, 0.05) is 36.4 Å². The first-order chi connectivity index (χ1) is 6.20. The van der Waals surface area contributed by atoms with Crippen molar-refractivity contribution in [3.05, 3.63) is 0 Å². The summed E-state index contributed by atoms with van der Waals surface area (Å²) in [4.78, 5) is 2.42. The van der Waals surface area contributed by atoms with Crippen LogP contribution >= 0.6 is 24.4 Å². The summed E-state index contributed by atoms with van der Waals surface area (Å²) >= 11 is 6.16. The van der Waals surface area contributed by atoms with Crippen molar-refractivity contribution in [1.82, 2.24) is 4.90 Å². The average Bonchev–Trinajstić information content (AvgIpc) is 2.10. The second-order valence-electron chi connectivity index (χ2n) is 3.21.